The first kappa shape index (κ1) is 17.1. The van der Waals surface area contributed by atoms with Gasteiger partial charge in [0.2, 0.25) is 10.2 Å². The highest BCUT2D eigenvalue weighted by Crippen LogP contribution is 2.29. The van der Waals surface area contributed by atoms with E-state index in [0.29, 0.717) is 17.8 Å². The third-order valence-electron chi connectivity index (χ3n) is 2.19. The number of amides is 1. The summed E-state index contributed by atoms with van der Waals surface area (Å²) < 4.78 is 3.41. The van der Waals surface area contributed by atoms with Gasteiger partial charge >= 0.3 is 0 Å². The summed E-state index contributed by atoms with van der Waals surface area (Å²) in [5.41, 5.74) is 0.640. The maximum absolute atomic E-state index is 10.5. The standard InChI is InChI=1S/C11H12Cl3N3O2S/c1-19-8-5-3-2-4-7(8)16-10(20)17-9(15-6-18)11(12,13)14/h2-6,9H,1H3,(H,15,18)(H2,16,17,20)/t9-/m1/s1. The van der Waals surface area contributed by atoms with Gasteiger partial charge < -0.3 is 20.7 Å². The molecule has 5 nitrogen and oxygen atoms in total. The maximum atomic E-state index is 10.5. The Balaban J connectivity index is 2.73. The number of ether oxygens (including phenoxy) is 1. The number of carbonyl (C=O) groups is 1. The number of rotatable bonds is 5. The Kier molecular flexibility index (Phi) is 6.61. The van der Waals surface area contributed by atoms with Crippen LogP contribution in [-0.2, 0) is 4.79 Å². The predicted octanol–water partition coefficient (Wildman–Crippen LogP) is 2.42. The second kappa shape index (κ2) is 7.73. The minimum absolute atomic E-state index is 0.167. The number of nitrogens with one attached hydrogen (secondary N) is 3. The molecule has 0 radical (unpaired) electrons. The SMILES string of the molecule is COc1ccccc1NC(=S)N[C@@H](NC=O)C(Cl)(Cl)Cl. The fourth-order valence-corrected chi connectivity index (χ4v) is 1.90. The number of hydrogen-bond donors (Lipinski definition) is 3. The Morgan fingerprint density at radius 1 is 1.40 bits per heavy atom. The van der Waals surface area contributed by atoms with E-state index >= 15 is 0 Å². The van der Waals surface area contributed by atoms with Gasteiger partial charge in [0, 0.05) is 0 Å². The summed E-state index contributed by atoms with van der Waals surface area (Å²) in [5.74, 6) is 0.602. The van der Waals surface area contributed by atoms with Crippen molar-refractivity contribution >= 4 is 64.2 Å². The minimum Gasteiger partial charge on any atom is -0.495 e. The lowest BCUT2D eigenvalue weighted by molar-refractivity contribution is -0.110. The average molecular weight is 357 g/mol. The Bertz CT molecular complexity index is 482. The van der Waals surface area contributed by atoms with E-state index in [2.05, 4.69) is 16.0 Å². The quantitative estimate of drug-likeness (QED) is 0.327. The number of benzene rings is 1. The molecular formula is C11H12Cl3N3O2S. The van der Waals surface area contributed by atoms with Crippen LogP contribution in [0.3, 0.4) is 0 Å². The van der Waals surface area contributed by atoms with Crippen molar-refractivity contribution in [2.24, 2.45) is 0 Å². The first-order chi connectivity index (χ1) is 9.38. The first-order valence-electron chi connectivity index (χ1n) is 5.35. The zero-order valence-electron chi connectivity index (χ0n) is 10.3. The monoisotopic (exact) mass is 355 g/mol. The van der Waals surface area contributed by atoms with Crippen LogP contribution in [0.4, 0.5) is 5.69 Å². The normalized spacial score (nSPS) is 12.2. The van der Waals surface area contributed by atoms with Crippen LogP contribution >= 0.6 is 47.0 Å². The highest BCUT2D eigenvalue weighted by Gasteiger charge is 2.33. The molecule has 1 atom stereocenters. The van der Waals surface area contributed by atoms with Crippen LogP contribution in [0.25, 0.3) is 0 Å². The van der Waals surface area contributed by atoms with Crippen molar-refractivity contribution in [2.45, 2.75) is 9.96 Å². The van der Waals surface area contributed by atoms with E-state index in [1.54, 1.807) is 12.1 Å². The summed E-state index contributed by atoms with van der Waals surface area (Å²) in [5, 5.41) is 8.06. The fourth-order valence-electron chi connectivity index (χ4n) is 1.32. The number of halogens is 3. The van der Waals surface area contributed by atoms with Crippen molar-refractivity contribution < 1.29 is 9.53 Å². The molecule has 1 aromatic rings. The predicted molar refractivity (Wildman–Crippen MR) is 85.6 cm³/mol. The van der Waals surface area contributed by atoms with E-state index in [1.807, 2.05) is 12.1 Å². The van der Waals surface area contributed by atoms with Gasteiger partial charge in [-0.2, -0.15) is 0 Å². The first-order valence-corrected chi connectivity index (χ1v) is 6.89. The second-order valence-corrected chi connectivity index (χ2v) is 6.34. The molecule has 0 spiro atoms. The van der Waals surface area contributed by atoms with Gasteiger partial charge in [-0.05, 0) is 24.4 Å². The van der Waals surface area contributed by atoms with E-state index in [-0.39, 0.29) is 5.11 Å². The highest BCUT2D eigenvalue weighted by atomic mass is 35.6. The molecule has 20 heavy (non-hydrogen) atoms. The lowest BCUT2D eigenvalue weighted by Crippen LogP contribution is -2.53. The number of para-hydroxylation sites is 2. The summed E-state index contributed by atoms with van der Waals surface area (Å²) in [6.45, 7) is 0. The summed E-state index contributed by atoms with van der Waals surface area (Å²) in [7, 11) is 1.54. The van der Waals surface area contributed by atoms with Crippen molar-refractivity contribution in [1.82, 2.24) is 10.6 Å². The molecule has 0 saturated carbocycles. The van der Waals surface area contributed by atoms with Gasteiger partial charge in [-0.25, -0.2) is 0 Å². The van der Waals surface area contributed by atoms with Crippen LogP contribution in [-0.4, -0.2) is 28.6 Å². The second-order valence-electron chi connectivity index (χ2n) is 3.56. The number of thiocarbonyl (C=S) groups is 1. The number of methoxy groups -OCH3 is 1. The van der Waals surface area contributed by atoms with Gasteiger partial charge in [0.1, 0.15) is 11.9 Å². The molecule has 110 valence electrons. The molecular weight excluding hydrogens is 345 g/mol. The molecule has 0 saturated heterocycles. The van der Waals surface area contributed by atoms with E-state index in [0.717, 1.165) is 0 Å². The number of alkyl halides is 3. The Morgan fingerprint density at radius 2 is 2.05 bits per heavy atom. The van der Waals surface area contributed by atoms with E-state index < -0.39 is 9.96 Å². The van der Waals surface area contributed by atoms with Crippen molar-refractivity contribution in [3.8, 4) is 5.75 Å². The summed E-state index contributed by atoms with van der Waals surface area (Å²) in [6.07, 6.45) is -0.564. The summed E-state index contributed by atoms with van der Waals surface area (Å²) in [4.78, 5) is 10.5. The van der Waals surface area contributed by atoms with Gasteiger partial charge in [0.25, 0.3) is 0 Å². The molecule has 0 unspecified atom stereocenters. The lowest BCUT2D eigenvalue weighted by atomic mass is 10.3. The van der Waals surface area contributed by atoms with E-state index in [1.165, 1.54) is 7.11 Å². The van der Waals surface area contributed by atoms with Gasteiger partial charge in [0.15, 0.2) is 5.11 Å². The van der Waals surface area contributed by atoms with Crippen LogP contribution in [0.5, 0.6) is 5.75 Å². The van der Waals surface area contributed by atoms with Crippen LogP contribution in [0, 0.1) is 0 Å². The van der Waals surface area contributed by atoms with E-state index in [9.17, 15) is 4.79 Å². The molecule has 0 aliphatic rings. The number of hydrogen-bond acceptors (Lipinski definition) is 3. The average Bonchev–Trinajstić information content (AvgIpc) is 2.37. The maximum Gasteiger partial charge on any atom is 0.228 e. The minimum atomic E-state index is -1.76. The van der Waals surface area contributed by atoms with Gasteiger partial charge in [-0.15, -0.1) is 0 Å². The molecule has 1 amide bonds. The lowest BCUT2D eigenvalue weighted by Gasteiger charge is -2.26. The number of carbonyl (C=O) groups excluding carboxylic acids is 1. The third kappa shape index (κ3) is 5.20. The molecule has 0 aliphatic heterocycles. The van der Waals surface area contributed by atoms with Crippen LogP contribution in [0.1, 0.15) is 0 Å². The molecule has 0 aromatic heterocycles. The van der Waals surface area contributed by atoms with Gasteiger partial charge in [-0.1, -0.05) is 46.9 Å². The Hall–Kier alpha value is -0.950. The van der Waals surface area contributed by atoms with Gasteiger partial charge in [-0.3, -0.25) is 4.79 Å². The zero-order valence-corrected chi connectivity index (χ0v) is 13.4. The largest absolute Gasteiger partial charge is 0.495 e. The molecule has 0 bridgehead atoms. The summed E-state index contributed by atoms with van der Waals surface area (Å²) in [6, 6.07) is 7.16. The van der Waals surface area contributed by atoms with E-state index in [4.69, 9.17) is 51.8 Å². The van der Waals surface area contributed by atoms with Crippen LogP contribution in [0.15, 0.2) is 24.3 Å². The smallest absolute Gasteiger partial charge is 0.228 e. The zero-order chi connectivity index (χ0) is 15.2. The topological polar surface area (TPSA) is 62.4 Å². The van der Waals surface area contributed by atoms with Crippen LogP contribution < -0.4 is 20.7 Å². The fraction of sp³-hybridized carbons (Fsp3) is 0.273. The summed E-state index contributed by atoms with van der Waals surface area (Å²) >= 11 is 22.2. The van der Waals surface area contributed by atoms with Crippen molar-refractivity contribution in [2.75, 3.05) is 12.4 Å². The van der Waals surface area contributed by atoms with Gasteiger partial charge in [0.05, 0.1) is 12.8 Å². The molecule has 3 N–H and O–H groups in total. The van der Waals surface area contributed by atoms with Crippen molar-refractivity contribution in [3.63, 3.8) is 0 Å². The molecule has 1 aromatic carbocycles. The molecule has 0 heterocycles. The molecule has 9 heteroatoms. The molecule has 1 rings (SSSR count). The Labute approximate surface area is 136 Å². The molecule has 0 fully saturated rings. The third-order valence-corrected chi connectivity index (χ3v) is 3.07. The molecule has 0 aliphatic carbocycles. The highest BCUT2D eigenvalue weighted by molar-refractivity contribution is 7.80. The Morgan fingerprint density at radius 3 is 2.60 bits per heavy atom. The van der Waals surface area contributed by atoms with Crippen LogP contribution in [0.2, 0.25) is 0 Å². The van der Waals surface area contributed by atoms with Crippen molar-refractivity contribution in [1.29, 1.82) is 0 Å². The number of anilines is 1. The van der Waals surface area contributed by atoms with Crippen molar-refractivity contribution in [3.05, 3.63) is 24.3 Å².